The number of carbonyl (C=O) groups is 1. The molecule has 3 heteroatoms. The van der Waals surface area contributed by atoms with Crippen molar-refractivity contribution in [2.24, 2.45) is 0 Å². The van der Waals surface area contributed by atoms with Crippen LogP contribution in [0, 0.1) is 0 Å². The van der Waals surface area contributed by atoms with E-state index in [0.717, 1.165) is 23.2 Å². The first-order valence-corrected chi connectivity index (χ1v) is 7.41. The molecule has 0 aliphatic carbocycles. The van der Waals surface area contributed by atoms with E-state index in [9.17, 15) is 4.79 Å². The van der Waals surface area contributed by atoms with Gasteiger partial charge in [0.2, 0.25) is 0 Å². The van der Waals surface area contributed by atoms with E-state index in [1.807, 2.05) is 54.6 Å². The largest absolute Gasteiger partial charge is 0.497 e. The molecule has 21 heavy (non-hydrogen) atoms. The molecule has 2 aromatic carbocycles. The first-order chi connectivity index (χ1) is 10.1. The average Bonchev–Trinajstić information content (AvgIpc) is 2.53. The lowest BCUT2D eigenvalue weighted by molar-refractivity contribution is -0.111. The lowest BCUT2D eigenvalue weighted by atomic mass is 9.77. The molecule has 0 bridgehead atoms. The molecule has 0 saturated heterocycles. The highest BCUT2D eigenvalue weighted by atomic mass is 79.9. The summed E-state index contributed by atoms with van der Waals surface area (Å²) in [5, 5.41) is 0. The zero-order chi connectivity index (χ0) is 15.3. The van der Waals surface area contributed by atoms with Crippen molar-refractivity contribution < 1.29 is 9.53 Å². The van der Waals surface area contributed by atoms with Crippen molar-refractivity contribution >= 4 is 22.2 Å². The third kappa shape index (κ3) is 3.24. The molecule has 0 heterocycles. The van der Waals surface area contributed by atoms with Crippen LogP contribution >= 0.6 is 15.9 Å². The van der Waals surface area contributed by atoms with E-state index in [1.165, 1.54) is 0 Å². The zero-order valence-electron chi connectivity index (χ0n) is 11.9. The molecule has 1 unspecified atom stereocenters. The lowest BCUT2D eigenvalue weighted by Crippen LogP contribution is -2.31. The van der Waals surface area contributed by atoms with Crippen molar-refractivity contribution in [3.05, 3.63) is 76.8 Å². The second kappa shape index (κ2) is 6.72. The SMILES string of the molecule is C=C(Br)C(C=O)(Cc1ccccc1)c1ccc(OC)cc1. The number of hydrogen-bond acceptors (Lipinski definition) is 2. The zero-order valence-corrected chi connectivity index (χ0v) is 13.5. The summed E-state index contributed by atoms with van der Waals surface area (Å²) in [6.07, 6.45) is 1.52. The van der Waals surface area contributed by atoms with Gasteiger partial charge in [-0.05, 0) is 29.7 Å². The number of carbonyl (C=O) groups excluding carboxylic acids is 1. The van der Waals surface area contributed by atoms with Crippen LogP contribution in [0.25, 0.3) is 0 Å². The number of rotatable bonds is 6. The van der Waals surface area contributed by atoms with Crippen molar-refractivity contribution in [3.8, 4) is 5.75 Å². The van der Waals surface area contributed by atoms with E-state index in [-0.39, 0.29) is 0 Å². The minimum atomic E-state index is -0.784. The fourth-order valence-electron chi connectivity index (χ4n) is 2.33. The van der Waals surface area contributed by atoms with Crippen LogP contribution in [-0.4, -0.2) is 13.4 Å². The van der Waals surface area contributed by atoms with Gasteiger partial charge in [0.05, 0.1) is 12.5 Å². The highest BCUT2D eigenvalue weighted by Gasteiger charge is 2.34. The van der Waals surface area contributed by atoms with Gasteiger partial charge >= 0.3 is 0 Å². The summed E-state index contributed by atoms with van der Waals surface area (Å²) in [7, 11) is 1.62. The Morgan fingerprint density at radius 1 is 1.19 bits per heavy atom. The van der Waals surface area contributed by atoms with Crippen LogP contribution in [0.4, 0.5) is 0 Å². The Kier molecular flexibility index (Phi) is 4.97. The van der Waals surface area contributed by atoms with Crippen LogP contribution in [0.3, 0.4) is 0 Å². The van der Waals surface area contributed by atoms with Gasteiger partial charge in [0.25, 0.3) is 0 Å². The smallest absolute Gasteiger partial charge is 0.135 e. The highest BCUT2D eigenvalue weighted by molar-refractivity contribution is 9.11. The van der Waals surface area contributed by atoms with E-state index in [0.29, 0.717) is 10.9 Å². The monoisotopic (exact) mass is 344 g/mol. The number of halogens is 1. The first-order valence-electron chi connectivity index (χ1n) is 6.62. The minimum Gasteiger partial charge on any atom is -0.497 e. The Morgan fingerprint density at radius 2 is 1.81 bits per heavy atom. The Bertz CT molecular complexity index is 619. The van der Waals surface area contributed by atoms with E-state index < -0.39 is 5.41 Å². The summed E-state index contributed by atoms with van der Waals surface area (Å²) in [4.78, 5) is 11.9. The van der Waals surface area contributed by atoms with Gasteiger partial charge in [0, 0.05) is 4.48 Å². The van der Waals surface area contributed by atoms with Crippen LogP contribution in [0.1, 0.15) is 11.1 Å². The Labute approximate surface area is 133 Å². The number of methoxy groups -OCH3 is 1. The van der Waals surface area contributed by atoms with E-state index in [2.05, 4.69) is 22.5 Å². The lowest BCUT2D eigenvalue weighted by Gasteiger charge is -2.28. The van der Waals surface area contributed by atoms with Crippen LogP contribution < -0.4 is 4.74 Å². The summed E-state index contributed by atoms with van der Waals surface area (Å²) in [5.74, 6) is 0.762. The third-order valence-electron chi connectivity index (χ3n) is 3.62. The maximum atomic E-state index is 11.9. The Hall–Kier alpha value is -1.87. The molecular formula is C18H17BrO2. The Morgan fingerprint density at radius 3 is 2.29 bits per heavy atom. The number of aldehydes is 1. The van der Waals surface area contributed by atoms with Gasteiger partial charge in [-0.25, -0.2) is 0 Å². The van der Waals surface area contributed by atoms with E-state index in [1.54, 1.807) is 7.11 Å². The number of hydrogen-bond donors (Lipinski definition) is 0. The fourth-order valence-corrected chi connectivity index (χ4v) is 2.80. The summed E-state index contributed by atoms with van der Waals surface area (Å²) in [6, 6.07) is 17.4. The summed E-state index contributed by atoms with van der Waals surface area (Å²) >= 11 is 3.43. The molecule has 0 aliphatic rings. The third-order valence-corrected chi connectivity index (χ3v) is 4.32. The molecule has 0 saturated carbocycles. The number of allylic oxidation sites excluding steroid dienone is 1. The van der Waals surface area contributed by atoms with Crippen LogP contribution in [0.5, 0.6) is 5.75 Å². The van der Waals surface area contributed by atoms with Gasteiger partial charge in [-0.3, -0.25) is 0 Å². The topological polar surface area (TPSA) is 26.3 Å². The molecule has 2 nitrogen and oxygen atoms in total. The molecule has 0 N–H and O–H groups in total. The Balaban J connectivity index is 2.45. The molecule has 0 fully saturated rings. The predicted molar refractivity (Wildman–Crippen MR) is 88.9 cm³/mol. The van der Waals surface area contributed by atoms with Gasteiger partial charge in [-0.15, -0.1) is 0 Å². The molecule has 2 rings (SSSR count). The maximum Gasteiger partial charge on any atom is 0.135 e. The second-order valence-electron chi connectivity index (χ2n) is 4.88. The molecule has 0 spiro atoms. The normalized spacial score (nSPS) is 13.2. The van der Waals surface area contributed by atoms with Crippen molar-refractivity contribution in [2.75, 3.05) is 7.11 Å². The molecule has 1 atom stereocenters. The molecule has 0 amide bonds. The highest BCUT2D eigenvalue weighted by Crippen LogP contribution is 2.37. The number of benzene rings is 2. The van der Waals surface area contributed by atoms with Gasteiger partial charge < -0.3 is 9.53 Å². The van der Waals surface area contributed by atoms with Crippen molar-refractivity contribution in [1.29, 1.82) is 0 Å². The molecule has 2 aromatic rings. The average molecular weight is 345 g/mol. The van der Waals surface area contributed by atoms with E-state index >= 15 is 0 Å². The van der Waals surface area contributed by atoms with Gasteiger partial charge in [0.1, 0.15) is 12.0 Å². The molecule has 0 aromatic heterocycles. The minimum absolute atomic E-state index is 0.563. The van der Waals surface area contributed by atoms with Gasteiger partial charge in [-0.1, -0.05) is 65.0 Å². The molecule has 0 radical (unpaired) electrons. The summed E-state index contributed by atoms with van der Waals surface area (Å²) < 4.78 is 5.82. The van der Waals surface area contributed by atoms with E-state index in [4.69, 9.17) is 4.74 Å². The number of ether oxygens (including phenoxy) is 1. The van der Waals surface area contributed by atoms with Crippen molar-refractivity contribution in [1.82, 2.24) is 0 Å². The summed E-state index contributed by atoms with van der Waals surface area (Å²) in [6.45, 7) is 3.97. The predicted octanol–water partition coefficient (Wildman–Crippen LogP) is 4.28. The van der Waals surface area contributed by atoms with Crippen LogP contribution in [0.2, 0.25) is 0 Å². The second-order valence-corrected chi connectivity index (χ2v) is 5.84. The molecule has 108 valence electrons. The van der Waals surface area contributed by atoms with Crippen molar-refractivity contribution in [3.63, 3.8) is 0 Å². The van der Waals surface area contributed by atoms with Gasteiger partial charge in [-0.2, -0.15) is 0 Å². The summed E-state index contributed by atoms with van der Waals surface area (Å²) in [5.41, 5.74) is 1.19. The quantitative estimate of drug-likeness (QED) is 0.731. The van der Waals surface area contributed by atoms with Gasteiger partial charge in [0.15, 0.2) is 0 Å². The maximum absolute atomic E-state index is 11.9. The standard InChI is InChI=1S/C18H17BrO2/c1-14(19)18(13-20,12-15-6-4-3-5-7-15)16-8-10-17(21-2)11-9-16/h3-11,13H,1,12H2,2H3. The molecular weight excluding hydrogens is 328 g/mol. The first kappa shape index (κ1) is 15.5. The van der Waals surface area contributed by atoms with Crippen molar-refractivity contribution in [2.45, 2.75) is 11.8 Å². The fraction of sp³-hybridized carbons (Fsp3) is 0.167. The van der Waals surface area contributed by atoms with Crippen LogP contribution in [0.15, 0.2) is 65.7 Å². The van der Waals surface area contributed by atoms with Crippen LogP contribution in [-0.2, 0) is 16.6 Å². The molecule has 0 aliphatic heterocycles.